The number of fused-ring (bicyclic) bond motifs is 1. The first-order chi connectivity index (χ1) is 9.28. The van der Waals surface area contributed by atoms with E-state index in [1.807, 2.05) is 6.07 Å². The summed E-state index contributed by atoms with van der Waals surface area (Å²) in [4.78, 5) is 4.09. The Morgan fingerprint density at radius 2 is 2.00 bits per heavy atom. The molecule has 0 fully saturated rings. The van der Waals surface area contributed by atoms with Gasteiger partial charge in [0.25, 0.3) is 0 Å². The van der Waals surface area contributed by atoms with Crippen molar-refractivity contribution in [2.24, 2.45) is 0 Å². The van der Waals surface area contributed by atoms with Crippen molar-refractivity contribution < 1.29 is 13.5 Å². The molecule has 4 nitrogen and oxygen atoms in total. The number of hydrogen-bond acceptors (Lipinski definition) is 4. The largest absolute Gasteiger partial charge is 0.409 e. The second kappa shape index (κ2) is 4.42. The zero-order valence-electron chi connectivity index (χ0n) is 9.63. The summed E-state index contributed by atoms with van der Waals surface area (Å²) in [5, 5.41) is 8.90. The van der Waals surface area contributed by atoms with E-state index in [0.717, 1.165) is 0 Å². The van der Waals surface area contributed by atoms with E-state index in [4.69, 9.17) is 14.4 Å². The van der Waals surface area contributed by atoms with E-state index in [-0.39, 0.29) is 17.4 Å². The molecule has 2 aromatic carbocycles. The molecule has 3 aromatic rings. The highest BCUT2D eigenvalue weighted by molar-refractivity contribution is 5.72. The monoisotopic (exact) mass is 254 g/mol. The molecule has 0 bridgehead atoms. The topological polar surface area (TPSA) is 59.0 Å². The Labute approximate surface area is 107 Å². The molecule has 0 atom stereocenters. The molecular formula is C14H7FN2O2. The van der Waals surface area contributed by atoms with Crippen molar-refractivity contribution in [1.82, 2.24) is 4.98 Å². The molecule has 1 aromatic heterocycles. The van der Waals surface area contributed by atoms with Gasteiger partial charge in [-0.2, -0.15) is 10.2 Å². The Morgan fingerprint density at radius 3 is 2.79 bits per heavy atom. The molecule has 92 valence electrons. The van der Waals surface area contributed by atoms with Crippen molar-refractivity contribution in [3.8, 4) is 17.9 Å². The molecule has 5 heteroatoms. The molecule has 0 aliphatic carbocycles. The second-order valence-corrected chi connectivity index (χ2v) is 3.77. The van der Waals surface area contributed by atoms with Gasteiger partial charge in [-0.25, -0.2) is 4.39 Å². The molecule has 0 N–H and O–H groups in total. The lowest BCUT2D eigenvalue weighted by atomic mass is 10.2. The van der Waals surface area contributed by atoms with Gasteiger partial charge >= 0.3 is 6.08 Å². The van der Waals surface area contributed by atoms with Crippen LogP contribution in [-0.2, 0) is 0 Å². The maximum Gasteiger partial charge on any atom is 0.400 e. The van der Waals surface area contributed by atoms with E-state index < -0.39 is 5.82 Å². The van der Waals surface area contributed by atoms with E-state index in [2.05, 4.69) is 4.98 Å². The van der Waals surface area contributed by atoms with Crippen LogP contribution in [0.1, 0.15) is 5.56 Å². The Morgan fingerprint density at radius 1 is 1.16 bits per heavy atom. The van der Waals surface area contributed by atoms with E-state index in [9.17, 15) is 4.39 Å². The van der Waals surface area contributed by atoms with Crippen molar-refractivity contribution in [3.05, 3.63) is 53.8 Å². The summed E-state index contributed by atoms with van der Waals surface area (Å²) in [6.45, 7) is 0. The number of hydrogen-bond donors (Lipinski definition) is 0. The van der Waals surface area contributed by atoms with Gasteiger partial charge in [-0.15, -0.1) is 0 Å². The summed E-state index contributed by atoms with van der Waals surface area (Å²) in [5.74, 6) is -0.565. The first-order valence-electron chi connectivity index (χ1n) is 5.50. The Kier molecular flexibility index (Phi) is 2.62. The second-order valence-electron chi connectivity index (χ2n) is 3.77. The molecule has 0 saturated heterocycles. The summed E-state index contributed by atoms with van der Waals surface area (Å²) < 4.78 is 24.1. The summed E-state index contributed by atoms with van der Waals surface area (Å²) in [6, 6.07) is 13.0. The van der Waals surface area contributed by atoms with Crippen LogP contribution in [0.4, 0.5) is 4.39 Å². The van der Waals surface area contributed by atoms with Gasteiger partial charge < -0.3 is 9.15 Å². The number of benzene rings is 2. The number of rotatable bonds is 2. The number of halogens is 1. The summed E-state index contributed by atoms with van der Waals surface area (Å²) in [6.07, 6.45) is -0.0247. The lowest BCUT2D eigenvalue weighted by molar-refractivity contribution is 0.341. The molecule has 0 saturated carbocycles. The third-order valence-electron chi connectivity index (χ3n) is 2.56. The summed E-state index contributed by atoms with van der Waals surface area (Å²) in [5.41, 5.74) is 1.02. The van der Waals surface area contributed by atoms with Crippen molar-refractivity contribution in [2.45, 2.75) is 0 Å². The standard InChI is InChI=1S/C14H7FN2O2/c15-10-4-3-7-12(9(10)8-16)18-14-17-11-5-1-2-6-13(11)19-14/h1-7H. The zero-order chi connectivity index (χ0) is 13.2. The minimum absolute atomic E-state index is 0.0247. The number of aromatic nitrogens is 1. The first kappa shape index (κ1) is 11.2. The number of oxazole rings is 1. The van der Waals surface area contributed by atoms with Crippen LogP contribution >= 0.6 is 0 Å². The van der Waals surface area contributed by atoms with E-state index >= 15 is 0 Å². The normalized spacial score (nSPS) is 10.3. The van der Waals surface area contributed by atoms with Crippen LogP contribution in [0.15, 0.2) is 46.9 Å². The maximum absolute atomic E-state index is 13.4. The van der Waals surface area contributed by atoms with E-state index in [1.165, 1.54) is 18.2 Å². The predicted molar refractivity (Wildman–Crippen MR) is 65.2 cm³/mol. The van der Waals surface area contributed by atoms with Crippen LogP contribution in [0.25, 0.3) is 11.1 Å². The van der Waals surface area contributed by atoms with Gasteiger partial charge in [-0.05, 0) is 24.3 Å². The molecule has 3 rings (SSSR count). The fourth-order valence-corrected chi connectivity index (χ4v) is 1.69. The molecule has 19 heavy (non-hydrogen) atoms. The average Bonchev–Trinajstić information content (AvgIpc) is 2.81. The highest BCUT2D eigenvalue weighted by Crippen LogP contribution is 2.28. The van der Waals surface area contributed by atoms with Crippen LogP contribution in [-0.4, -0.2) is 4.98 Å². The van der Waals surface area contributed by atoms with Gasteiger partial charge in [0.15, 0.2) is 11.3 Å². The van der Waals surface area contributed by atoms with Crippen LogP contribution in [0.5, 0.6) is 11.8 Å². The molecule has 0 spiro atoms. The Balaban J connectivity index is 2.02. The summed E-state index contributed by atoms with van der Waals surface area (Å²) >= 11 is 0. The molecule has 1 heterocycles. The fraction of sp³-hybridized carbons (Fsp3) is 0. The third-order valence-corrected chi connectivity index (χ3v) is 2.56. The quantitative estimate of drug-likeness (QED) is 0.700. The van der Waals surface area contributed by atoms with Crippen LogP contribution in [0.3, 0.4) is 0 Å². The van der Waals surface area contributed by atoms with Crippen LogP contribution in [0, 0.1) is 17.1 Å². The van der Waals surface area contributed by atoms with Crippen LogP contribution in [0.2, 0.25) is 0 Å². The number of para-hydroxylation sites is 2. The minimum atomic E-state index is -0.642. The van der Waals surface area contributed by atoms with Gasteiger partial charge in [-0.3, -0.25) is 0 Å². The molecule has 0 radical (unpaired) electrons. The highest BCUT2D eigenvalue weighted by Gasteiger charge is 2.13. The first-order valence-corrected chi connectivity index (χ1v) is 5.50. The van der Waals surface area contributed by atoms with Crippen molar-refractivity contribution in [2.75, 3.05) is 0 Å². The maximum atomic E-state index is 13.4. The van der Waals surface area contributed by atoms with Crippen LogP contribution < -0.4 is 4.74 Å². The van der Waals surface area contributed by atoms with Gasteiger partial charge in [0, 0.05) is 0 Å². The predicted octanol–water partition coefficient (Wildman–Crippen LogP) is 3.63. The molecule has 0 unspecified atom stereocenters. The van der Waals surface area contributed by atoms with Gasteiger partial charge in [0.05, 0.1) is 0 Å². The smallest absolute Gasteiger partial charge is 0.400 e. The highest BCUT2D eigenvalue weighted by atomic mass is 19.1. The van der Waals surface area contributed by atoms with Crippen molar-refractivity contribution >= 4 is 11.1 Å². The SMILES string of the molecule is N#Cc1c(F)cccc1Oc1nc2ccccc2o1. The van der Waals surface area contributed by atoms with E-state index in [0.29, 0.717) is 11.1 Å². The average molecular weight is 254 g/mol. The third kappa shape index (κ3) is 2.00. The molecule has 0 amide bonds. The molecular weight excluding hydrogens is 247 g/mol. The number of nitrogens with zero attached hydrogens (tertiary/aromatic N) is 2. The lowest BCUT2D eigenvalue weighted by Crippen LogP contribution is -1.91. The Hall–Kier alpha value is -2.87. The van der Waals surface area contributed by atoms with Gasteiger partial charge in [0.2, 0.25) is 0 Å². The van der Waals surface area contributed by atoms with Crippen molar-refractivity contribution in [3.63, 3.8) is 0 Å². The van der Waals surface area contributed by atoms with Crippen molar-refractivity contribution in [1.29, 1.82) is 5.26 Å². The fourth-order valence-electron chi connectivity index (χ4n) is 1.69. The zero-order valence-corrected chi connectivity index (χ0v) is 9.63. The van der Waals surface area contributed by atoms with E-state index in [1.54, 1.807) is 24.3 Å². The summed E-state index contributed by atoms with van der Waals surface area (Å²) in [7, 11) is 0. The number of nitriles is 1. The van der Waals surface area contributed by atoms with Gasteiger partial charge in [0.1, 0.15) is 23.0 Å². The minimum Gasteiger partial charge on any atom is -0.409 e. The van der Waals surface area contributed by atoms with Gasteiger partial charge in [-0.1, -0.05) is 18.2 Å². The number of ether oxygens (including phenoxy) is 1. The molecule has 0 aliphatic heterocycles. The molecule has 0 aliphatic rings. The lowest BCUT2D eigenvalue weighted by Gasteiger charge is -2.02. The Bertz CT molecular complexity index is 756.